The van der Waals surface area contributed by atoms with Gasteiger partial charge in [-0.1, -0.05) is 61.4 Å². The van der Waals surface area contributed by atoms with Crippen LogP contribution in [-0.4, -0.2) is 28.7 Å². The predicted octanol–water partition coefficient (Wildman–Crippen LogP) is 3.95. The van der Waals surface area contributed by atoms with Gasteiger partial charge in [0.15, 0.2) is 0 Å². The summed E-state index contributed by atoms with van der Waals surface area (Å²) in [6, 6.07) is 17.2. The van der Waals surface area contributed by atoms with E-state index in [1.54, 1.807) is 5.06 Å². The highest BCUT2D eigenvalue weighted by atomic mass is 16.7. The number of hydroxylamine groups is 1. The van der Waals surface area contributed by atoms with Crippen molar-refractivity contribution < 1.29 is 19.2 Å². The molecule has 2 aliphatic rings. The topological polar surface area (TPSA) is 66.9 Å². The highest BCUT2D eigenvalue weighted by molar-refractivity contribution is 6.15. The van der Waals surface area contributed by atoms with Gasteiger partial charge in [-0.2, -0.15) is 0 Å². The zero-order valence-corrected chi connectivity index (χ0v) is 17.3. The van der Waals surface area contributed by atoms with Gasteiger partial charge in [-0.3, -0.25) is 19.2 Å². The summed E-state index contributed by atoms with van der Waals surface area (Å²) in [5, 5.41) is 1.78. The number of imide groups is 3. The average molecular weight is 406 g/mol. The summed E-state index contributed by atoms with van der Waals surface area (Å²) in [7, 11) is 0. The van der Waals surface area contributed by atoms with Crippen molar-refractivity contribution in [2.75, 3.05) is 5.06 Å². The lowest BCUT2D eigenvalue weighted by atomic mass is 9.86. The lowest BCUT2D eigenvalue weighted by Gasteiger charge is -2.28. The Kier molecular flexibility index (Phi) is 5.68. The molecule has 0 bridgehead atoms. The minimum atomic E-state index is -0.654. The van der Waals surface area contributed by atoms with Crippen LogP contribution in [0.5, 0.6) is 0 Å². The number of amides is 3. The molecular formula is C24H26N2O4. The minimum absolute atomic E-state index is 0.0915. The van der Waals surface area contributed by atoms with Crippen LogP contribution in [0.4, 0.5) is 5.69 Å². The Morgan fingerprint density at radius 3 is 2.23 bits per heavy atom. The molecule has 6 heteroatoms. The second kappa shape index (κ2) is 8.40. The number of hydrogen-bond donors (Lipinski definition) is 0. The third kappa shape index (κ3) is 3.63. The molecule has 4 rings (SSSR count). The van der Waals surface area contributed by atoms with Crippen molar-refractivity contribution >= 4 is 23.4 Å². The zero-order valence-electron chi connectivity index (χ0n) is 17.3. The molecule has 6 nitrogen and oxygen atoms in total. The van der Waals surface area contributed by atoms with E-state index < -0.39 is 35.8 Å². The molecule has 0 saturated carbocycles. The first-order valence-corrected chi connectivity index (χ1v) is 10.5. The predicted molar refractivity (Wildman–Crippen MR) is 112 cm³/mol. The maximum Gasteiger partial charge on any atom is 0.244 e. The van der Waals surface area contributed by atoms with Crippen LogP contribution in [0.15, 0.2) is 54.6 Å². The standard InChI is InChI=1S/C24H26N2O4/c1-3-7-19-22(24(29)25-20(27)14-15-21(25)28)23(17-12-10-16(2)11-13-17)26(30-19)18-8-5-4-6-9-18/h4-6,8-13,19,22-23H,3,7,14-15H2,1-2H3/t19-,22+,23+/m1/s1. The van der Waals surface area contributed by atoms with Crippen LogP contribution in [0.1, 0.15) is 49.8 Å². The van der Waals surface area contributed by atoms with Crippen LogP contribution in [0.25, 0.3) is 0 Å². The van der Waals surface area contributed by atoms with E-state index in [0.717, 1.165) is 28.1 Å². The van der Waals surface area contributed by atoms with E-state index in [1.807, 2.05) is 68.4 Å². The van der Waals surface area contributed by atoms with Crippen molar-refractivity contribution in [3.05, 3.63) is 65.7 Å². The number of anilines is 1. The van der Waals surface area contributed by atoms with Crippen molar-refractivity contribution in [1.29, 1.82) is 0 Å². The summed E-state index contributed by atoms with van der Waals surface area (Å²) in [5.41, 5.74) is 2.86. The van der Waals surface area contributed by atoms with E-state index in [2.05, 4.69) is 0 Å². The number of nitrogens with zero attached hydrogens (tertiary/aromatic N) is 2. The van der Waals surface area contributed by atoms with Crippen LogP contribution in [0.3, 0.4) is 0 Å². The van der Waals surface area contributed by atoms with E-state index >= 15 is 0 Å². The van der Waals surface area contributed by atoms with Gasteiger partial charge in [0, 0.05) is 12.8 Å². The molecule has 30 heavy (non-hydrogen) atoms. The van der Waals surface area contributed by atoms with Gasteiger partial charge < -0.3 is 0 Å². The summed E-state index contributed by atoms with van der Waals surface area (Å²) in [5.74, 6) is -1.94. The summed E-state index contributed by atoms with van der Waals surface area (Å²) >= 11 is 0. The summed E-state index contributed by atoms with van der Waals surface area (Å²) in [6.07, 6.45) is 1.23. The Bertz CT molecular complexity index is 925. The van der Waals surface area contributed by atoms with Crippen molar-refractivity contribution in [3.8, 4) is 0 Å². The second-order valence-corrected chi connectivity index (χ2v) is 7.94. The van der Waals surface area contributed by atoms with Crippen LogP contribution in [0, 0.1) is 12.8 Å². The first-order chi connectivity index (χ1) is 14.5. The van der Waals surface area contributed by atoms with Crippen LogP contribution in [-0.2, 0) is 19.2 Å². The highest BCUT2D eigenvalue weighted by Gasteiger charge is 2.52. The van der Waals surface area contributed by atoms with Gasteiger partial charge in [-0.15, -0.1) is 0 Å². The van der Waals surface area contributed by atoms with E-state index in [0.29, 0.717) is 6.42 Å². The van der Waals surface area contributed by atoms with Crippen LogP contribution in [0.2, 0.25) is 0 Å². The fourth-order valence-electron chi connectivity index (χ4n) is 4.31. The number of carbonyl (C=O) groups is 3. The van der Waals surface area contributed by atoms with Gasteiger partial charge in [0.2, 0.25) is 17.7 Å². The Morgan fingerprint density at radius 2 is 1.63 bits per heavy atom. The van der Waals surface area contributed by atoms with E-state index in [1.165, 1.54) is 0 Å². The third-order valence-electron chi connectivity index (χ3n) is 5.80. The van der Waals surface area contributed by atoms with Crippen molar-refractivity contribution in [1.82, 2.24) is 4.90 Å². The molecule has 0 N–H and O–H groups in total. The number of benzene rings is 2. The maximum absolute atomic E-state index is 13.6. The fourth-order valence-corrected chi connectivity index (χ4v) is 4.31. The number of carbonyl (C=O) groups excluding carboxylic acids is 3. The molecule has 0 unspecified atom stereocenters. The minimum Gasteiger partial charge on any atom is -0.274 e. The van der Waals surface area contributed by atoms with Gasteiger partial charge in [-0.05, 0) is 31.0 Å². The normalized spacial score (nSPS) is 24.0. The number of rotatable bonds is 5. The Hall–Kier alpha value is -2.99. The Morgan fingerprint density at radius 1 is 1.00 bits per heavy atom. The highest BCUT2D eigenvalue weighted by Crippen LogP contribution is 2.45. The number of para-hydroxylation sites is 1. The summed E-state index contributed by atoms with van der Waals surface area (Å²) < 4.78 is 0. The molecule has 2 heterocycles. The lowest BCUT2D eigenvalue weighted by Crippen LogP contribution is -2.44. The van der Waals surface area contributed by atoms with E-state index in [-0.39, 0.29) is 12.8 Å². The van der Waals surface area contributed by atoms with Gasteiger partial charge >= 0.3 is 0 Å². The van der Waals surface area contributed by atoms with Gasteiger partial charge in [0.05, 0.1) is 23.8 Å². The molecule has 2 fully saturated rings. The van der Waals surface area contributed by atoms with Crippen LogP contribution < -0.4 is 5.06 Å². The Balaban J connectivity index is 1.80. The fraction of sp³-hybridized carbons (Fsp3) is 0.375. The summed E-state index contributed by atoms with van der Waals surface area (Å²) in [4.78, 5) is 45.4. The van der Waals surface area contributed by atoms with Crippen molar-refractivity contribution in [2.24, 2.45) is 5.92 Å². The third-order valence-corrected chi connectivity index (χ3v) is 5.80. The number of likely N-dealkylation sites (tertiary alicyclic amines) is 1. The second-order valence-electron chi connectivity index (χ2n) is 7.94. The molecule has 0 spiro atoms. The first kappa shape index (κ1) is 20.3. The monoisotopic (exact) mass is 406 g/mol. The molecule has 2 saturated heterocycles. The molecule has 0 aromatic heterocycles. The number of hydrogen-bond acceptors (Lipinski definition) is 5. The van der Waals surface area contributed by atoms with E-state index in [9.17, 15) is 14.4 Å². The van der Waals surface area contributed by atoms with Crippen molar-refractivity contribution in [3.63, 3.8) is 0 Å². The quantitative estimate of drug-likeness (QED) is 0.704. The molecule has 0 radical (unpaired) electrons. The molecule has 2 aromatic rings. The Labute approximate surface area is 176 Å². The molecule has 2 aliphatic heterocycles. The first-order valence-electron chi connectivity index (χ1n) is 10.5. The zero-order chi connectivity index (χ0) is 21.3. The molecular weight excluding hydrogens is 380 g/mol. The molecule has 2 aromatic carbocycles. The number of aryl methyl sites for hydroxylation is 1. The smallest absolute Gasteiger partial charge is 0.244 e. The largest absolute Gasteiger partial charge is 0.274 e. The maximum atomic E-state index is 13.6. The lowest BCUT2D eigenvalue weighted by molar-refractivity contribution is -0.152. The molecule has 0 aliphatic carbocycles. The van der Waals surface area contributed by atoms with Gasteiger partial charge in [0.1, 0.15) is 0 Å². The van der Waals surface area contributed by atoms with E-state index in [4.69, 9.17) is 4.84 Å². The summed E-state index contributed by atoms with van der Waals surface area (Å²) in [6.45, 7) is 4.04. The van der Waals surface area contributed by atoms with Crippen molar-refractivity contribution in [2.45, 2.75) is 51.7 Å². The molecule has 3 amide bonds. The van der Waals surface area contributed by atoms with Crippen LogP contribution >= 0.6 is 0 Å². The SMILES string of the molecule is CCC[C@H]1ON(c2ccccc2)[C@@H](c2ccc(C)cc2)[C@H]1C(=O)N1C(=O)CCC1=O. The molecule has 3 atom stereocenters. The average Bonchev–Trinajstić information content (AvgIpc) is 3.29. The molecule has 156 valence electrons. The van der Waals surface area contributed by atoms with Gasteiger partial charge in [0.25, 0.3) is 0 Å². The van der Waals surface area contributed by atoms with Gasteiger partial charge in [-0.25, -0.2) is 9.96 Å².